The highest BCUT2D eigenvalue weighted by Gasteiger charge is 2.37. The molecule has 1 N–H and O–H groups in total. The van der Waals surface area contributed by atoms with Gasteiger partial charge in [0, 0.05) is 6.54 Å². The van der Waals surface area contributed by atoms with E-state index < -0.39 is 35.7 Å². The molecule has 0 radical (unpaired) electrons. The Morgan fingerprint density at radius 2 is 1.85 bits per heavy atom. The Balaban J connectivity index is 1.90. The van der Waals surface area contributed by atoms with Gasteiger partial charge in [0.05, 0.1) is 11.0 Å². The summed E-state index contributed by atoms with van der Waals surface area (Å²) in [5.74, 6) is -1.17. The fraction of sp³-hybridized carbons (Fsp3) is 0.167. The number of hydrogen-bond donors (Lipinski definition) is 1. The van der Waals surface area contributed by atoms with Gasteiger partial charge in [-0.1, -0.05) is 24.3 Å². The van der Waals surface area contributed by atoms with Gasteiger partial charge in [-0.25, -0.2) is 9.37 Å². The molecule has 3 aromatic rings. The SMILES string of the molecule is O=C(Cn1c(=O)c(C(F)(F)F)nc2ccccc21)NCc1cccc(F)c1. The van der Waals surface area contributed by atoms with E-state index in [9.17, 15) is 27.2 Å². The van der Waals surface area contributed by atoms with Crippen molar-refractivity contribution in [1.82, 2.24) is 14.9 Å². The average molecular weight is 379 g/mol. The van der Waals surface area contributed by atoms with Crippen LogP contribution in [0.3, 0.4) is 0 Å². The Morgan fingerprint density at radius 1 is 1.11 bits per heavy atom. The van der Waals surface area contributed by atoms with Crippen molar-refractivity contribution in [3.05, 3.63) is 76.0 Å². The largest absolute Gasteiger partial charge is 0.438 e. The zero-order chi connectivity index (χ0) is 19.6. The number of carbonyl (C=O) groups excluding carboxylic acids is 1. The first-order valence-electron chi connectivity index (χ1n) is 7.83. The Bertz CT molecular complexity index is 1060. The number of fused-ring (bicyclic) bond motifs is 1. The van der Waals surface area contributed by atoms with Crippen LogP contribution >= 0.6 is 0 Å². The number of benzene rings is 2. The van der Waals surface area contributed by atoms with Gasteiger partial charge in [0.1, 0.15) is 12.4 Å². The average Bonchev–Trinajstić information content (AvgIpc) is 2.61. The summed E-state index contributed by atoms with van der Waals surface area (Å²) in [5.41, 5.74) is -2.45. The summed E-state index contributed by atoms with van der Waals surface area (Å²) < 4.78 is 53.1. The number of carbonyl (C=O) groups is 1. The van der Waals surface area contributed by atoms with Crippen LogP contribution in [0.5, 0.6) is 0 Å². The molecule has 27 heavy (non-hydrogen) atoms. The molecule has 3 rings (SSSR count). The van der Waals surface area contributed by atoms with Gasteiger partial charge >= 0.3 is 6.18 Å². The van der Waals surface area contributed by atoms with Crippen molar-refractivity contribution in [2.75, 3.05) is 0 Å². The van der Waals surface area contributed by atoms with Crippen molar-refractivity contribution in [1.29, 1.82) is 0 Å². The highest BCUT2D eigenvalue weighted by atomic mass is 19.4. The molecular formula is C18H13F4N3O2. The van der Waals surface area contributed by atoms with E-state index in [-0.39, 0.29) is 17.6 Å². The molecule has 0 aliphatic carbocycles. The van der Waals surface area contributed by atoms with Crippen LogP contribution in [0.15, 0.2) is 53.3 Å². The molecule has 5 nitrogen and oxygen atoms in total. The number of aromatic nitrogens is 2. The Hall–Kier alpha value is -3.23. The molecule has 1 heterocycles. The van der Waals surface area contributed by atoms with Gasteiger partial charge in [0.25, 0.3) is 5.56 Å². The van der Waals surface area contributed by atoms with Gasteiger partial charge < -0.3 is 5.32 Å². The first-order chi connectivity index (χ1) is 12.8. The van der Waals surface area contributed by atoms with Crippen LogP contribution in [-0.2, 0) is 24.1 Å². The number of nitrogens with one attached hydrogen (secondary N) is 1. The van der Waals surface area contributed by atoms with Crippen LogP contribution in [0.25, 0.3) is 11.0 Å². The Labute approximate surface area is 150 Å². The Morgan fingerprint density at radius 3 is 2.56 bits per heavy atom. The summed E-state index contributed by atoms with van der Waals surface area (Å²) in [4.78, 5) is 27.8. The second-order valence-corrected chi connectivity index (χ2v) is 5.74. The molecule has 1 amide bonds. The second kappa shape index (κ2) is 7.18. The molecule has 0 saturated heterocycles. The number of nitrogens with zero attached hydrogens (tertiary/aromatic N) is 2. The molecule has 0 spiro atoms. The lowest BCUT2D eigenvalue weighted by molar-refractivity contribution is -0.142. The van der Waals surface area contributed by atoms with Crippen LogP contribution in [0, 0.1) is 5.82 Å². The van der Waals surface area contributed by atoms with Crippen LogP contribution in [0.4, 0.5) is 17.6 Å². The number of para-hydroxylation sites is 2. The summed E-state index contributed by atoms with van der Waals surface area (Å²) in [7, 11) is 0. The second-order valence-electron chi connectivity index (χ2n) is 5.74. The number of hydrogen-bond acceptors (Lipinski definition) is 3. The van der Waals surface area contributed by atoms with E-state index in [1.54, 1.807) is 6.07 Å². The van der Waals surface area contributed by atoms with E-state index in [0.29, 0.717) is 5.56 Å². The van der Waals surface area contributed by atoms with Crippen LogP contribution in [0.2, 0.25) is 0 Å². The van der Waals surface area contributed by atoms with Gasteiger partial charge in [-0.05, 0) is 29.8 Å². The van der Waals surface area contributed by atoms with Crippen molar-refractivity contribution in [3.8, 4) is 0 Å². The summed E-state index contributed by atoms with van der Waals surface area (Å²) in [5, 5.41) is 2.46. The van der Waals surface area contributed by atoms with E-state index in [0.717, 1.165) is 4.57 Å². The third kappa shape index (κ3) is 4.13. The molecule has 0 atom stereocenters. The molecule has 0 aliphatic heterocycles. The standard InChI is InChI=1S/C18H13F4N3O2/c19-12-5-3-4-11(8-12)9-23-15(26)10-25-14-7-2-1-6-13(14)24-16(17(25)27)18(20,21)22/h1-8H,9-10H2,(H,23,26). The maximum absolute atomic E-state index is 13.2. The third-order valence-corrected chi connectivity index (χ3v) is 3.80. The lowest BCUT2D eigenvalue weighted by atomic mass is 10.2. The minimum atomic E-state index is -4.94. The minimum absolute atomic E-state index is 0.0273. The summed E-state index contributed by atoms with van der Waals surface area (Å²) in [6, 6.07) is 11.2. The molecule has 0 aliphatic rings. The van der Waals surface area contributed by atoms with Crippen molar-refractivity contribution in [3.63, 3.8) is 0 Å². The van der Waals surface area contributed by atoms with Crippen LogP contribution in [-0.4, -0.2) is 15.5 Å². The molecule has 1 aromatic heterocycles. The topological polar surface area (TPSA) is 64.0 Å². The van der Waals surface area contributed by atoms with Gasteiger partial charge in [-0.15, -0.1) is 0 Å². The fourth-order valence-corrected chi connectivity index (χ4v) is 2.58. The third-order valence-electron chi connectivity index (χ3n) is 3.80. The smallest absolute Gasteiger partial charge is 0.350 e. The molecule has 0 fully saturated rings. The van der Waals surface area contributed by atoms with Gasteiger partial charge in [-0.3, -0.25) is 14.2 Å². The molecule has 140 valence electrons. The monoisotopic (exact) mass is 379 g/mol. The molecular weight excluding hydrogens is 366 g/mol. The maximum atomic E-state index is 13.2. The number of amides is 1. The van der Waals surface area contributed by atoms with E-state index in [4.69, 9.17) is 0 Å². The van der Waals surface area contributed by atoms with Gasteiger partial charge in [0.15, 0.2) is 0 Å². The van der Waals surface area contributed by atoms with E-state index >= 15 is 0 Å². The van der Waals surface area contributed by atoms with E-state index in [1.165, 1.54) is 42.5 Å². The molecule has 0 saturated carbocycles. The Kier molecular flexibility index (Phi) is 4.93. The molecule has 9 heteroatoms. The van der Waals surface area contributed by atoms with Crippen molar-refractivity contribution < 1.29 is 22.4 Å². The van der Waals surface area contributed by atoms with Gasteiger partial charge in [-0.2, -0.15) is 13.2 Å². The highest BCUT2D eigenvalue weighted by molar-refractivity contribution is 5.80. The lowest BCUT2D eigenvalue weighted by Gasteiger charge is -2.13. The van der Waals surface area contributed by atoms with E-state index in [1.807, 2.05) is 0 Å². The first kappa shape index (κ1) is 18.6. The van der Waals surface area contributed by atoms with Gasteiger partial charge in [0.2, 0.25) is 11.6 Å². The summed E-state index contributed by atoms with van der Waals surface area (Å²) >= 11 is 0. The van der Waals surface area contributed by atoms with Crippen molar-refractivity contribution in [2.24, 2.45) is 0 Å². The van der Waals surface area contributed by atoms with Crippen molar-refractivity contribution >= 4 is 16.9 Å². The van der Waals surface area contributed by atoms with Crippen LogP contribution in [0.1, 0.15) is 11.3 Å². The molecule has 0 bridgehead atoms. The highest BCUT2D eigenvalue weighted by Crippen LogP contribution is 2.26. The molecule has 2 aromatic carbocycles. The number of halogens is 4. The zero-order valence-corrected chi connectivity index (χ0v) is 13.8. The minimum Gasteiger partial charge on any atom is -0.350 e. The quantitative estimate of drug-likeness (QED) is 0.709. The lowest BCUT2D eigenvalue weighted by Crippen LogP contribution is -2.36. The first-order valence-corrected chi connectivity index (χ1v) is 7.83. The van der Waals surface area contributed by atoms with Crippen LogP contribution < -0.4 is 10.9 Å². The summed E-state index contributed by atoms with van der Waals surface area (Å²) in [6.45, 7) is -0.652. The van der Waals surface area contributed by atoms with E-state index in [2.05, 4.69) is 10.3 Å². The summed E-state index contributed by atoms with van der Waals surface area (Å²) in [6.07, 6.45) is -4.94. The number of rotatable bonds is 4. The number of alkyl halides is 3. The predicted octanol–water partition coefficient (Wildman–Crippen LogP) is 2.87. The molecule has 0 unspecified atom stereocenters. The van der Waals surface area contributed by atoms with Crippen molar-refractivity contribution in [2.45, 2.75) is 19.3 Å². The zero-order valence-electron chi connectivity index (χ0n) is 13.8. The normalized spacial score (nSPS) is 11.6. The predicted molar refractivity (Wildman–Crippen MR) is 89.3 cm³/mol. The maximum Gasteiger partial charge on any atom is 0.438 e. The fourth-order valence-electron chi connectivity index (χ4n) is 2.58.